The molecule has 0 bridgehead atoms. The van der Waals surface area contributed by atoms with Gasteiger partial charge in [0.05, 0.1) is 25.0 Å². The predicted octanol–water partition coefficient (Wildman–Crippen LogP) is -0.253. The standard InChI is InChI=1S/C20H23N7O6S/c1-4-33-20(32)26-6-5-10-11(7-26)34-17(13(10)15(21)29)23-12(28)8-27-9-22-16-14(27)18(30)25(3)19(31)24(16)2/h9H,4-8H2,1-3H3,(H2,21,29)(H,23,28). The molecule has 14 heteroatoms. The van der Waals surface area contributed by atoms with Crippen LogP contribution in [0.2, 0.25) is 0 Å². The van der Waals surface area contributed by atoms with Crippen molar-refractivity contribution in [2.24, 2.45) is 19.8 Å². The summed E-state index contributed by atoms with van der Waals surface area (Å²) in [6.07, 6.45) is 1.25. The third-order valence-electron chi connectivity index (χ3n) is 5.61. The van der Waals surface area contributed by atoms with E-state index >= 15 is 0 Å². The Morgan fingerprint density at radius 3 is 2.65 bits per heavy atom. The molecule has 1 aliphatic rings. The van der Waals surface area contributed by atoms with Crippen molar-refractivity contribution in [2.45, 2.75) is 26.4 Å². The first-order chi connectivity index (χ1) is 16.1. The molecule has 13 nitrogen and oxygen atoms in total. The Kier molecular flexibility index (Phi) is 6.00. The molecule has 1 aliphatic heterocycles. The first-order valence-electron chi connectivity index (χ1n) is 10.4. The molecule has 0 spiro atoms. The number of rotatable bonds is 5. The molecule has 0 radical (unpaired) electrons. The number of aryl methyl sites for hydroxylation is 1. The van der Waals surface area contributed by atoms with Crippen LogP contribution >= 0.6 is 11.3 Å². The minimum Gasteiger partial charge on any atom is -0.450 e. The Bertz CT molecular complexity index is 1450. The summed E-state index contributed by atoms with van der Waals surface area (Å²) in [5.41, 5.74) is 5.66. The number of nitrogens with zero attached hydrogens (tertiary/aromatic N) is 5. The molecule has 3 amide bonds. The molecule has 4 heterocycles. The number of primary amides is 1. The molecule has 0 atom stereocenters. The average Bonchev–Trinajstić information content (AvgIpc) is 3.36. The number of fused-ring (bicyclic) bond motifs is 2. The lowest BCUT2D eigenvalue weighted by molar-refractivity contribution is -0.116. The number of anilines is 1. The van der Waals surface area contributed by atoms with Crippen molar-refractivity contribution in [3.05, 3.63) is 43.2 Å². The largest absolute Gasteiger partial charge is 0.450 e. The van der Waals surface area contributed by atoms with Gasteiger partial charge in [0.1, 0.15) is 11.5 Å². The van der Waals surface area contributed by atoms with Crippen LogP contribution in [0.25, 0.3) is 11.2 Å². The number of aromatic nitrogens is 4. The van der Waals surface area contributed by atoms with Gasteiger partial charge in [0, 0.05) is 25.5 Å². The summed E-state index contributed by atoms with van der Waals surface area (Å²) in [6.45, 7) is 2.29. The van der Waals surface area contributed by atoms with Gasteiger partial charge in [-0.2, -0.15) is 0 Å². The lowest BCUT2D eigenvalue weighted by Crippen LogP contribution is -2.37. The van der Waals surface area contributed by atoms with E-state index in [1.165, 1.54) is 45.8 Å². The molecule has 34 heavy (non-hydrogen) atoms. The fourth-order valence-corrected chi connectivity index (χ4v) is 5.25. The number of nitrogens with one attached hydrogen (secondary N) is 1. The van der Waals surface area contributed by atoms with Crippen molar-refractivity contribution in [3.8, 4) is 0 Å². The monoisotopic (exact) mass is 489 g/mol. The first-order valence-corrected chi connectivity index (χ1v) is 11.2. The number of carbonyl (C=O) groups excluding carboxylic acids is 3. The van der Waals surface area contributed by atoms with Crippen LogP contribution < -0.4 is 22.3 Å². The Hall–Kier alpha value is -3.94. The van der Waals surface area contributed by atoms with E-state index in [0.717, 1.165) is 9.44 Å². The quantitative estimate of drug-likeness (QED) is 0.499. The zero-order chi connectivity index (χ0) is 24.7. The van der Waals surface area contributed by atoms with Gasteiger partial charge < -0.3 is 25.3 Å². The zero-order valence-corrected chi connectivity index (χ0v) is 19.6. The molecule has 0 saturated heterocycles. The summed E-state index contributed by atoms with van der Waals surface area (Å²) in [5, 5.41) is 2.98. The van der Waals surface area contributed by atoms with Crippen molar-refractivity contribution >= 4 is 45.4 Å². The number of thiophene rings is 1. The van der Waals surface area contributed by atoms with Crippen LogP contribution in [0.4, 0.5) is 9.80 Å². The molecule has 0 unspecified atom stereocenters. The lowest BCUT2D eigenvalue weighted by Gasteiger charge is -2.26. The fourth-order valence-electron chi connectivity index (χ4n) is 3.96. The van der Waals surface area contributed by atoms with Crippen molar-refractivity contribution in [1.82, 2.24) is 23.6 Å². The van der Waals surface area contributed by atoms with E-state index in [1.54, 1.807) is 6.92 Å². The van der Waals surface area contributed by atoms with Crippen LogP contribution in [0.3, 0.4) is 0 Å². The molecule has 0 saturated carbocycles. The molecular formula is C20H23N7O6S. The van der Waals surface area contributed by atoms with E-state index in [2.05, 4.69) is 10.3 Å². The topological polar surface area (TPSA) is 164 Å². The number of imidazole rings is 1. The summed E-state index contributed by atoms with van der Waals surface area (Å²) < 4.78 is 8.54. The SMILES string of the molecule is CCOC(=O)N1CCc2c(sc(NC(=O)Cn3cnc4c3c(=O)n(C)c(=O)n4C)c2C(N)=O)C1. The summed E-state index contributed by atoms with van der Waals surface area (Å²) in [6, 6.07) is 0. The second-order valence-corrected chi connectivity index (χ2v) is 8.85. The number of ether oxygens (including phenoxy) is 1. The van der Waals surface area contributed by atoms with E-state index in [9.17, 15) is 24.0 Å². The minimum atomic E-state index is -0.686. The highest BCUT2D eigenvalue weighted by atomic mass is 32.1. The number of amides is 3. The number of hydrogen-bond acceptors (Lipinski definition) is 8. The van der Waals surface area contributed by atoms with Gasteiger partial charge in [0.15, 0.2) is 11.2 Å². The van der Waals surface area contributed by atoms with Crippen molar-refractivity contribution in [3.63, 3.8) is 0 Å². The smallest absolute Gasteiger partial charge is 0.410 e. The van der Waals surface area contributed by atoms with Crippen LogP contribution in [-0.2, 0) is 43.1 Å². The van der Waals surface area contributed by atoms with Crippen molar-refractivity contribution in [1.29, 1.82) is 0 Å². The van der Waals surface area contributed by atoms with Gasteiger partial charge in [-0.05, 0) is 18.9 Å². The Morgan fingerprint density at radius 1 is 1.24 bits per heavy atom. The minimum absolute atomic E-state index is 0.102. The highest BCUT2D eigenvalue weighted by molar-refractivity contribution is 7.17. The number of nitrogens with two attached hydrogens (primary N) is 1. The molecular weight excluding hydrogens is 466 g/mol. The van der Waals surface area contributed by atoms with Gasteiger partial charge >= 0.3 is 11.8 Å². The zero-order valence-electron chi connectivity index (χ0n) is 18.8. The maximum absolute atomic E-state index is 12.8. The summed E-state index contributed by atoms with van der Waals surface area (Å²) in [4.78, 5) is 68.1. The highest BCUT2D eigenvalue weighted by Crippen LogP contribution is 2.37. The lowest BCUT2D eigenvalue weighted by atomic mass is 10.0. The maximum Gasteiger partial charge on any atom is 0.410 e. The Labute approximate surface area is 196 Å². The third-order valence-corrected chi connectivity index (χ3v) is 6.75. The van der Waals surface area contributed by atoms with Gasteiger partial charge in [-0.1, -0.05) is 0 Å². The molecule has 3 aromatic heterocycles. The van der Waals surface area contributed by atoms with Gasteiger partial charge in [-0.3, -0.25) is 23.5 Å². The van der Waals surface area contributed by atoms with Crippen LogP contribution in [0.5, 0.6) is 0 Å². The Balaban J connectivity index is 1.61. The summed E-state index contributed by atoms with van der Waals surface area (Å²) >= 11 is 1.17. The van der Waals surface area contributed by atoms with Crippen LogP contribution in [0.1, 0.15) is 27.7 Å². The molecule has 0 aliphatic carbocycles. The van der Waals surface area contributed by atoms with E-state index in [1.807, 2.05) is 0 Å². The Morgan fingerprint density at radius 2 is 1.97 bits per heavy atom. The van der Waals surface area contributed by atoms with Gasteiger partial charge in [-0.15, -0.1) is 11.3 Å². The molecule has 180 valence electrons. The van der Waals surface area contributed by atoms with Gasteiger partial charge in [-0.25, -0.2) is 14.6 Å². The first kappa shape index (κ1) is 23.2. The van der Waals surface area contributed by atoms with E-state index in [-0.39, 0.29) is 41.4 Å². The second-order valence-electron chi connectivity index (χ2n) is 7.74. The van der Waals surface area contributed by atoms with E-state index in [0.29, 0.717) is 18.5 Å². The normalized spacial score (nSPS) is 13.1. The predicted molar refractivity (Wildman–Crippen MR) is 123 cm³/mol. The van der Waals surface area contributed by atoms with Crippen LogP contribution in [-0.4, -0.2) is 54.6 Å². The maximum atomic E-state index is 12.8. The molecule has 0 aromatic carbocycles. The highest BCUT2D eigenvalue weighted by Gasteiger charge is 2.30. The van der Waals surface area contributed by atoms with E-state index < -0.39 is 29.2 Å². The van der Waals surface area contributed by atoms with Crippen LogP contribution in [0, 0.1) is 0 Å². The molecule has 0 fully saturated rings. The number of carbonyl (C=O) groups is 3. The molecule has 3 N–H and O–H groups in total. The van der Waals surface area contributed by atoms with Crippen molar-refractivity contribution in [2.75, 3.05) is 18.5 Å². The molecule has 4 rings (SSSR count). The fraction of sp³-hybridized carbons (Fsp3) is 0.400. The second kappa shape index (κ2) is 8.78. The van der Waals surface area contributed by atoms with Gasteiger partial charge in [0.2, 0.25) is 5.91 Å². The van der Waals surface area contributed by atoms with Crippen LogP contribution in [0.15, 0.2) is 15.9 Å². The molecule has 3 aromatic rings. The van der Waals surface area contributed by atoms with E-state index in [4.69, 9.17) is 10.5 Å². The average molecular weight is 490 g/mol. The summed E-state index contributed by atoms with van der Waals surface area (Å²) in [5.74, 6) is -1.20. The third kappa shape index (κ3) is 3.85. The van der Waals surface area contributed by atoms with Crippen molar-refractivity contribution < 1.29 is 19.1 Å². The van der Waals surface area contributed by atoms with Gasteiger partial charge in [0.25, 0.3) is 11.5 Å². The summed E-state index contributed by atoms with van der Waals surface area (Å²) in [7, 11) is 2.83. The number of hydrogen-bond donors (Lipinski definition) is 2.